The Morgan fingerprint density at radius 3 is 2.52 bits per heavy atom. The SMILES string of the molecule is O=C(Nc1ccccc1-c1nc2ccccc2[nH]1)c1cn(-c2ccccc2)nn1. The Hall–Kier alpha value is -4.26. The Labute approximate surface area is 166 Å². The van der Waals surface area contributed by atoms with Gasteiger partial charge in [-0.2, -0.15) is 0 Å². The largest absolute Gasteiger partial charge is 0.338 e. The Kier molecular flexibility index (Phi) is 4.10. The number of rotatable bonds is 4. The van der Waals surface area contributed by atoms with Crippen LogP contribution in [0.3, 0.4) is 0 Å². The zero-order valence-corrected chi connectivity index (χ0v) is 15.3. The Morgan fingerprint density at radius 2 is 1.66 bits per heavy atom. The number of aromatic nitrogens is 5. The van der Waals surface area contributed by atoms with Crippen molar-refractivity contribution in [2.45, 2.75) is 0 Å². The number of carbonyl (C=O) groups is 1. The van der Waals surface area contributed by atoms with Crippen LogP contribution in [0.4, 0.5) is 5.69 Å². The van der Waals surface area contributed by atoms with Gasteiger partial charge in [-0.15, -0.1) is 5.10 Å². The van der Waals surface area contributed by atoms with Crippen molar-refractivity contribution in [3.8, 4) is 17.1 Å². The van der Waals surface area contributed by atoms with Crippen molar-refractivity contribution in [3.63, 3.8) is 0 Å². The summed E-state index contributed by atoms with van der Waals surface area (Å²) in [6, 6.07) is 24.8. The first kappa shape index (κ1) is 16.9. The molecule has 5 rings (SSSR count). The van der Waals surface area contributed by atoms with Gasteiger partial charge in [-0.1, -0.05) is 47.7 Å². The smallest absolute Gasteiger partial charge is 0.277 e. The fourth-order valence-corrected chi connectivity index (χ4v) is 3.14. The predicted molar refractivity (Wildman–Crippen MR) is 111 cm³/mol. The number of anilines is 1. The molecule has 2 N–H and O–H groups in total. The molecule has 5 aromatic rings. The zero-order chi connectivity index (χ0) is 19.6. The number of hydrogen-bond acceptors (Lipinski definition) is 4. The minimum Gasteiger partial charge on any atom is -0.338 e. The third kappa shape index (κ3) is 3.25. The molecule has 0 atom stereocenters. The predicted octanol–water partition coefficient (Wildman–Crippen LogP) is 4.06. The van der Waals surface area contributed by atoms with Crippen LogP contribution >= 0.6 is 0 Å². The summed E-state index contributed by atoms with van der Waals surface area (Å²) in [5, 5.41) is 11.0. The fourth-order valence-electron chi connectivity index (χ4n) is 3.14. The lowest BCUT2D eigenvalue weighted by Gasteiger charge is -2.08. The van der Waals surface area contributed by atoms with Gasteiger partial charge in [0.2, 0.25) is 0 Å². The molecule has 7 heteroatoms. The van der Waals surface area contributed by atoms with Gasteiger partial charge in [-0.3, -0.25) is 4.79 Å². The van der Waals surface area contributed by atoms with Gasteiger partial charge in [0.05, 0.1) is 28.6 Å². The first-order valence-corrected chi connectivity index (χ1v) is 9.11. The lowest BCUT2D eigenvalue weighted by atomic mass is 10.1. The Bertz CT molecular complexity index is 1270. The van der Waals surface area contributed by atoms with Crippen LogP contribution in [0.25, 0.3) is 28.1 Å². The fraction of sp³-hybridized carbons (Fsp3) is 0. The van der Waals surface area contributed by atoms with E-state index in [-0.39, 0.29) is 11.6 Å². The summed E-state index contributed by atoms with van der Waals surface area (Å²) in [6.45, 7) is 0. The van der Waals surface area contributed by atoms with E-state index >= 15 is 0 Å². The lowest BCUT2D eigenvalue weighted by molar-refractivity contribution is 0.102. The molecule has 7 nitrogen and oxygen atoms in total. The van der Waals surface area contributed by atoms with E-state index in [1.165, 1.54) is 0 Å². The normalized spacial score (nSPS) is 10.9. The number of fused-ring (bicyclic) bond motifs is 1. The van der Waals surface area contributed by atoms with Gasteiger partial charge in [0.1, 0.15) is 5.82 Å². The number of H-pyrrole nitrogens is 1. The zero-order valence-electron chi connectivity index (χ0n) is 15.3. The average molecular weight is 380 g/mol. The number of amides is 1. The van der Waals surface area contributed by atoms with Crippen LogP contribution < -0.4 is 5.32 Å². The summed E-state index contributed by atoms with van der Waals surface area (Å²) < 4.78 is 1.57. The number of benzene rings is 3. The number of nitrogens with zero attached hydrogens (tertiary/aromatic N) is 4. The topological polar surface area (TPSA) is 88.5 Å². The molecule has 2 aromatic heterocycles. The monoisotopic (exact) mass is 380 g/mol. The first-order chi connectivity index (χ1) is 14.3. The van der Waals surface area contributed by atoms with Crippen LogP contribution in [0.5, 0.6) is 0 Å². The van der Waals surface area contributed by atoms with Gasteiger partial charge in [-0.25, -0.2) is 9.67 Å². The van der Waals surface area contributed by atoms with E-state index in [0.717, 1.165) is 22.3 Å². The van der Waals surface area contributed by atoms with Gasteiger partial charge in [-0.05, 0) is 36.4 Å². The highest BCUT2D eigenvalue weighted by Gasteiger charge is 2.15. The van der Waals surface area contributed by atoms with Crippen LogP contribution in [0.2, 0.25) is 0 Å². The molecular weight excluding hydrogens is 364 g/mol. The van der Waals surface area contributed by atoms with E-state index in [1.807, 2.05) is 78.9 Å². The Balaban J connectivity index is 1.44. The summed E-state index contributed by atoms with van der Waals surface area (Å²) in [4.78, 5) is 20.7. The van der Waals surface area contributed by atoms with Gasteiger partial charge < -0.3 is 10.3 Å². The molecule has 0 aliphatic heterocycles. The Morgan fingerprint density at radius 1 is 0.897 bits per heavy atom. The highest BCUT2D eigenvalue weighted by Crippen LogP contribution is 2.27. The van der Waals surface area contributed by atoms with Crippen LogP contribution in [0.15, 0.2) is 85.1 Å². The van der Waals surface area contributed by atoms with Gasteiger partial charge in [0.15, 0.2) is 5.69 Å². The summed E-state index contributed by atoms with van der Waals surface area (Å²) in [7, 11) is 0. The van der Waals surface area contributed by atoms with E-state index < -0.39 is 0 Å². The average Bonchev–Trinajstić information content (AvgIpc) is 3.42. The molecule has 140 valence electrons. The van der Waals surface area contributed by atoms with Gasteiger partial charge in [0.25, 0.3) is 5.91 Å². The molecule has 0 unspecified atom stereocenters. The summed E-state index contributed by atoms with van der Waals surface area (Å²) in [6.07, 6.45) is 1.61. The van der Waals surface area contributed by atoms with Crippen LogP contribution in [0.1, 0.15) is 10.5 Å². The molecule has 29 heavy (non-hydrogen) atoms. The highest BCUT2D eigenvalue weighted by atomic mass is 16.2. The molecule has 3 aromatic carbocycles. The third-order valence-corrected chi connectivity index (χ3v) is 4.57. The molecule has 0 spiro atoms. The van der Waals surface area contributed by atoms with Gasteiger partial charge >= 0.3 is 0 Å². The van der Waals surface area contributed by atoms with E-state index in [1.54, 1.807) is 10.9 Å². The number of carbonyl (C=O) groups excluding carboxylic acids is 1. The van der Waals surface area contributed by atoms with E-state index in [9.17, 15) is 4.79 Å². The van der Waals surface area contributed by atoms with Crippen molar-refractivity contribution in [2.75, 3.05) is 5.32 Å². The van der Waals surface area contributed by atoms with E-state index in [4.69, 9.17) is 0 Å². The van der Waals surface area contributed by atoms with Crippen molar-refractivity contribution in [2.24, 2.45) is 0 Å². The van der Waals surface area contributed by atoms with Crippen LogP contribution in [-0.4, -0.2) is 30.9 Å². The molecule has 0 radical (unpaired) electrons. The maximum absolute atomic E-state index is 12.8. The minimum absolute atomic E-state index is 0.230. The quantitative estimate of drug-likeness (QED) is 0.492. The van der Waals surface area contributed by atoms with Crippen molar-refractivity contribution in [3.05, 3.63) is 90.8 Å². The lowest BCUT2D eigenvalue weighted by Crippen LogP contribution is -2.13. The van der Waals surface area contributed by atoms with E-state index in [2.05, 4.69) is 25.6 Å². The van der Waals surface area contributed by atoms with Gasteiger partial charge in [0, 0.05) is 5.56 Å². The molecule has 1 amide bonds. The number of imidazole rings is 1. The highest BCUT2D eigenvalue weighted by molar-refractivity contribution is 6.04. The number of aromatic amines is 1. The molecule has 0 saturated heterocycles. The molecule has 0 bridgehead atoms. The molecular formula is C22H16N6O. The first-order valence-electron chi connectivity index (χ1n) is 9.11. The summed E-state index contributed by atoms with van der Waals surface area (Å²) in [5.41, 5.74) is 4.32. The van der Waals surface area contributed by atoms with Crippen molar-refractivity contribution in [1.29, 1.82) is 0 Å². The van der Waals surface area contributed by atoms with Crippen molar-refractivity contribution in [1.82, 2.24) is 25.0 Å². The van der Waals surface area contributed by atoms with E-state index in [0.29, 0.717) is 11.5 Å². The maximum Gasteiger partial charge on any atom is 0.277 e. The molecule has 0 fully saturated rings. The molecule has 0 saturated carbocycles. The second-order valence-corrected chi connectivity index (χ2v) is 6.49. The van der Waals surface area contributed by atoms with Crippen LogP contribution in [0, 0.1) is 0 Å². The summed E-state index contributed by atoms with van der Waals surface area (Å²) >= 11 is 0. The van der Waals surface area contributed by atoms with Crippen molar-refractivity contribution >= 4 is 22.6 Å². The maximum atomic E-state index is 12.8. The molecule has 0 aliphatic rings. The van der Waals surface area contributed by atoms with Crippen LogP contribution in [-0.2, 0) is 0 Å². The summed E-state index contributed by atoms with van der Waals surface area (Å²) in [5.74, 6) is 0.353. The standard InChI is InChI=1S/C22H16N6O/c29-22(20-14-28(27-26-20)15-8-2-1-3-9-15)25-17-11-5-4-10-16(17)21-23-18-12-6-7-13-19(18)24-21/h1-14H,(H,23,24)(H,25,29). The number of para-hydroxylation sites is 4. The third-order valence-electron chi connectivity index (χ3n) is 4.57. The number of hydrogen-bond donors (Lipinski definition) is 2. The van der Waals surface area contributed by atoms with Crippen molar-refractivity contribution < 1.29 is 4.79 Å². The molecule has 2 heterocycles. The molecule has 0 aliphatic carbocycles. The number of nitrogens with one attached hydrogen (secondary N) is 2. The second-order valence-electron chi connectivity index (χ2n) is 6.49. The second kappa shape index (κ2) is 7.05. The minimum atomic E-state index is -0.337.